The zero-order valence-corrected chi connectivity index (χ0v) is 5.47. The monoisotopic (exact) mass is 137 g/mol. The van der Waals surface area contributed by atoms with Gasteiger partial charge >= 0.3 is 0 Å². The third-order valence-corrected chi connectivity index (χ3v) is 1.25. The number of benzene rings is 1. The van der Waals surface area contributed by atoms with Gasteiger partial charge in [0.2, 0.25) is 0 Å². The van der Waals surface area contributed by atoms with E-state index in [0.717, 1.165) is 0 Å². The second-order valence-corrected chi connectivity index (χ2v) is 2.02. The maximum Gasteiger partial charge on any atom is 0.143 e. The van der Waals surface area contributed by atoms with Crippen LogP contribution < -0.4 is 5.46 Å². The molecule has 1 rings (SSSR count). The Morgan fingerprint density at radius 1 is 1.50 bits per heavy atom. The fraction of sp³-hybridized carbons (Fsp3) is 0. The summed E-state index contributed by atoms with van der Waals surface area (Å²) in [4.78, 5) is 9.90. The van der Waals surface area contributed by atoms with E-state index in [9.17, 15) is 9.30 Å². The molecule has 0 heterocycles. The molecule has 0 saturated carbocycles. The zero-order chi connectivity index (χ0) is 7.56. The molecule has 0 bridgehead atoms. The van der Waals surface area contributed by atoms with Crippen LogP contribution in [0.3, 0.4) is 0 Å². The molecule has 0 atom stereocenters. The normalized spacial score (nSPS) is 9.30. The molecule has 10 heavy (non-hydrogen) atoms. The van der Waals surface area contributed by atoms with Gasteiger partial charge in [-0.25, -0.2) is 4.39 Å². The average Bonchev–Trinajstić information content (AvgIpc) is 1.95. The Morgan fingerprint density at radius 2 is 2.20 bits per heavy atom. The van der Waals surface area contributed by atoms with Gasteiger partial charge in [0.15, 0.2) is 0 Å². The first-order valence-corrected chi connectivity index (χ1v) is 2.83. The Balaban J connectivity index is 3.16. The van der Waals surface area contributed by atoms with Crippen molar-refractivity contribution in [2.75, 3.05) is 0 Å². The number of nitrogens with zero attached hydrogens (tertiary/aromatic N) is 1. The van der Waals surface area contributed by atoms with Gasteiger partial charge in [-0.15, -0.1) is 4.91 Å². The van der Waals surface area contributed by atoms with Gasteiger partial charge in [-0.2, -0.15) is 0 Å². The average molecular weight is 137 g/mol. The van der Waals surface area contributed by atoms with Gasteiger partial charge in [0.25, 0.3) is 0 Å². The van der Waals surface area contributed by atoms with Crippen molar-refractivity contribution in [3.05, 3.63) is 28.9 Å². The lowest BCUT2D eigenvalue weighted by molar-refractivity contribution is 0.636. The van der Waals surface area contributed by atoms with Crippen molar-refractivity contribution < 1.29 is 4.39 Å². The summed E-state index contributed by atoms with van der Waals surface area (Å²) >= 11 is 0. The maximum atomic E-state index is 12.5. The quantitative estimate of drug-likeness (QED) is 0.408. The fourth-order valence-corrected chi connectivity index (χ4v) is 0.686. The molecule has 0 aliphatic carbocycles. The summed E-state index contributed by atoms with van der Waals surface area (Å²) in [6.45, 7) is 0. The topological polar surface area (TPSA) is 29.4 Å². The van der Waals surface area contributed by atoms with Crippen LogP contribution in [0.2, 0.25) is 0 Å². The molecule has 4 heteroatoms. The molecule has 0 aliphatic heterocycles. The zero-order valence-electron chi connectivity index (χ0n) is 5.47. The SMILES string of the molecule is Bc1cc(N=O)ccc1F. The van der Waals surface area contributed by atoms with Crippen molar-refractivity contribution in [2.24, 2.45) is 5.18 Å². The van der Waals surface area contributed by atoms with Crippen LogP contribution in [0, 0.1) is 10.7 Å². The van der Waals surface area contributed by atoms with Crippen LogP contribution in [-0.2, 0) is 0 Å². The van der Waals surface area contributed by atoms with Gasteiger partial charge in [-0.05, 0) is 23.4 Å². The summed E-state index contributed by atoms with van der Waals surface area (Å²) in [5, 5.41) is 2.66. The minimum atomic E-state index is -0.313. The van der Waals surface area contributed by atoms with Crippen LogP contribution in [0.5, 0.6) is 0 Å². The summed E-state index contributed by atoms with van der Waals surface area (Å²) < 4.78 is 12.5. The standard InChI is InChI=1S/C6H5BFNO/c7-5-3-4(9-10)1-2-6(5)8/h1-3H,7H2. The van der Waals surface area contributed by atoms with E-state index in [0.29, 0.717) is 5.46 Å². The lowest BCUT2D eigenvalue weighted by atomic mass is 9.95. The molecule has 2 nitrogen and oxygen atoms in total. The van der Waals surface area contributed by atoms with Crippen LogP contribution in [0.4, 0.5) is 10.1 Å². The first-order valence-electron chi connectivity index (χ1n) is 2.83. The molecule has 0 N–H and O–H groups in total. The van der Waals surface area contributed by atoms with E-state index in [4.69, 9.17) is 0 Å². The van der Waals surface area contributed by atoms with Gasteiger partial charge in [-0.3, -0.25) is 0 Å². The largest absolute Gasteiger partial charge is 0.208 e. The second kappa shape index (κ2) is 2.60. The maximum absolute atomic E-state index is 12.5. The Bertz CT molecular complexity index is 264. The van der Waals surface area contributed by atoms with E-state index >= 15 is 0 Å². The van der Waals surface area contributed by atoms with Crippen LogP contribution in [0.1, 0.15) is 0 Å². The van der Waals surface area contributed by atoms with Crippen LogP contribution >= 0.6 is 0 Å². The smallest absolute Gasteiger partial charge is 0.143 e. The number of rotatable bonds is 1. The Kier molecular flexibility index (Phi) is 1.80. The second-order valence-electron chi connectivity index (χ2n) is 2.02. The van der Waals surface area contributed by atoms with Gasteiger partial charge < -0.3 is 0 Å². The Labute approximate surface area is 58.4 Å². The molecule has 0 spiro atoms. The number of nitroso groups, excluding NO2 is 1. The predicted octanol–water partition coefficient (Wildman–Crippen LogP) is 0.482. The molecular weight excluding hydrogens is 132 g/mol. The molecule has 0 amide bonds. The molecule has 1 aromatic rings. The van der Waals surface area contributed by atoms with Gasteiger partial charge in [0.1, 0.15) is 19.4 Å². The summed E-state index contributed by atoms with van der Waals surface area (Å²) in [5.74, 6) is -0.313. The van der Waals surface area contributed by atoms with Crippen LogP contribution in [0.15, 0.2) is 23.4 Å². The highest BCUT2D eigenvalue weighted by Crippen LogP contribution is 2.08. The van der Waals surface area contributed by atoms with E-state index in [1.54, 1.807) is 7.85 Å². The third-order valence-electron chi connectivity index (χ3n) is 1.25. The third kappa shape index (κ3) is 1.21. The Morgan fingerprint density at radius 3 is 2.70 bits per heavy atom. The van der Waals surface area contributed by atoms with E-state index < -0.39 is 0 Å². The number of halogens is 1. The molecule has 0 fully saturated rings. The first-order chi connectivity index (χ1) is 4.74. The van der Waals surface area contributed by atoms with Gasteiger partial charge in [0, 0.05) is 0 Å². The molecule has 0 unspecified atom stereocenters. The molecule has 0 aliphatic rings. The highest BCUT2D eigenvalue weighted by atomic mass is 19.1. The van der Waals surface area contributed by atoms with E-state index in [1.165, 1.54) is 18.2 Å². The van der Waals surface area contributed by atoms with Crippen LogP contribution in [-0.4, -0.2) is 7.85 Å². The predicted molar refractivity (Wildman–Crippen MR) is 40.0 cm³/mol. The Hall–Kier alpha value is -1.19. The molecule has 50 valence electrons. The lowest BCUT2D eigenvalue weighted by Crippen LogP contribution is -2.06. The summed E-state index contributed by atoms with van der Waals surface area (Å²) in [6, 6.07) is 3.98. The summed E-state index contributed by atoms with van der Waals surface area (Å²) in [7, 11) is 1.59. The molecule has 0 radical (unpaired) electrons. The first kappa shape index (κ1) is 6.93. The van der Waals surface area contributed by atoms with E-state index in [1.807, 2.05) is 0 Å². The lowest BCUT2D eigenvalue weighted by Gasteiger charge is -1.93. The molecule has 1 aromatic carbocycles. The van der Waals surface area contributed by atoms with Gasteiger partial charge in [0.05, 0.1) is 0 Å². The summed E-state index contributed by atoms with van der Waals surface area (Å²) in [6.07, 6.45) is 0. The van der Waals surface area contributed by atoms with Crippen molar-refractivity contribution >= 4 is 19.0 Å². The highest BCUT2D eigenvalue weighted by Gasteiger charge is 1.96. The van der Waals surface area contributed by atoms with Crippen molar-refractivity contribution in [3.63, 3.8) is 0 Å². The summed E-state index contributed by atoms with van der Waals surface area (Å²) in [5.41, 5.74) is 0.705. The van der Waals surface area contributed by atoms with E-state index in [2.05, 4.69) is 5.18 Å². The molecular formula is C6H5BFNO. The van der Waals surface area contributed by atoms with Gasteiger partial charge in [-0.1, -0.05) is 5.46 Å². The minimum absolute atomic E-state index is 0.263. The van der Waals surface area contributed by atoms with E-state index in [-0.39, 0.29) is 11.5 Å². The van der Waals surface area contributed by atoms with Crippen molar-refractivity contribution in [1.82, 2.24) is 0 Å². The molecule has 0 aromatic heterocycles. The van der Waals surface area contributed by atoms with Crippen LogP contribution in [0.25, 0.3) is 0 Å². The van der Waals surface area contributed by atoms with Crippen molar-refractivity contribution in [3.8, 4) is 0 Å². The number of hydrogen-bond donors (Lipinski definition) is 0. The highest BCUT2D eigenvalue weighted by molar-refractivity contribution is 6.32. The number of hydrogen-bond acceptors (Lipinski definition) is 2. The van der Waals surface area contributed by atoms with Crippen molar-refractivity contribution in [2.45, 2.75) is 0 Å². The fourth-order valence-electron chi connectivity index (χ4n) is 0.686. The minimum Gasteiger partial charge on any atom is -0.208 e. The van der Waals surface area contributed by atoms with Crippen molar-refractivity contribution in [1.29, 1.82) is 0 Å². The molecule has 0 saturated heterocycles.